The minimum absolute atomic E-state index is 0.729. The molecule has 1 N–H and O–H groups in total. The Kier molecular flexibility index (Phi) is 3.20. The second kappa shape index (κ2) is 4.64. The number of nitrogens with one attached hydrogen (secondary N) is 1. The highest BCUT2D eigenvalue weighted by atomic mass is 127. The fourth-order valence-corrected chi connectivity index (χ4v) is 4.09. The summed E-state index contributed by atoms with van der Waals surface area (Å²) in [5.74, 6) is 2.55. The maximum Gasteiger partial charge on any atom is 0.0605 e. The van der Waals surface area contributed by atoms with Crippen molar-refractivity contribution in [3.63, 3.8) is 0 Å². The summed E-state index contributed by atoms with van der Waals surface area (Å²) in [6.07, 6.45) is 1.26. The Morgan fingerprint density at radius 3 is 3.31 bits per heavy atom. The van der Waals surface area contributed by atoms with Crippen molar-refractivity contribution in [3.8, 4) is 0 Å². The molecule has 0 aromatic heterocycles. The van der Waals surface area contributed by atoms with Gasteiger partial charge >= 0.3 is 0 Å². The summed E-state index contributed by atoms with van der Waals surface area (Å²) in [6, 6.07) is 7.48. The molecule has 0 spiro atoms. The van der Waals surface area contributed by atoms with Crippen LogP contribution in [-0.4, -0.2) is 30.6 Å². The van der Waals surface area contributed by atoms with Gasteiger partial charge in [-0.1, -0.05) is 0 Å². The number of hydrogen-bond acceptors (Lipinski definition) is 3. The molecule has 1 unspecified atom stereocenters. The van der Waals surface area contributed by atoms with Gasteiger partial charge in [-0.05, 0) is 47.2 Å². The number of fused-ring (bicyclic) bond motifs is 3. The molecule has 4 heteroatoms. The number of halogens is 1. The van der Waals surface area contributed by atoms with Crippen LogP contribution in [0.3, 0.4) is 0 Å². The number of benzene rings is 1. The van der Waals surface area contributed by atoms with Crippen molar-refractivity contribution in [2.75, 3.05) is 34.8 Å². The van der Waals surface area contributed by atoms with Crippen LogP contribution in [0, 0.1) is 3.57 Å². The van der Waals surface area contributed by atoms with Crippen molar-refractivity contribution in [1.82, 2.24) is 0 Å². The van der Waals surface area contributed by atoms with Crippen molar-refractivity contribution >= 4 is 45.7 Å². The first-order chi connectivity index (χ1) is 7.84. The highest BCUT2D eigenvalue weighted by Crippen LogP contribution is 2.35. The number of nitrogens with zero attached hydrogens (tertiary/aromatic N) is 1. The molecule has 1 atom stereocenters. The summed E-state index contributed by atoms with van der Waals surface area (Å²) in [4.78, 5) is 2.60. The molecule has 2 aliphatic rings. The molecule has 0 amide bonds. The van der Waals surface area contributed by atoms with E-state index in [1.54, 1.807) is 0 Å². The topological polar surface area (TPSA) is 15.3 Å². The maximum atomic E-state index is 3.57. The van der Waals surface area contributed by atoms with E-state index in [4.69, 9.17) is 0 Å². The third-order valence-corrected chi connectivity index (χ3v) is 5.05. The lowest BCUT2D eigenvalue weighted by molar-refractivity contribution is 0.625. The average Bonchev–Trinajstić information content (AvgIpc) is 2.47. The Hall–Kier alpha value is -0.100. The zero-order valence-corrected chi connectivity index (χ0v) is 12.1. The normalized spacial score (nSPS) is 24.1. The number of hydrogen-bond donors (Lipinski definition) is 1. The third-order valence-electron chi connectivity index (χ3n) is 3.29. The molecule has 0 saturated carbocycles. The molecule has 3 rings (SSSR count). The number of thioether (sulfide) groups is 1. The molecule has 1 aromatic carbocycles. The summed E-state index contributed by atoms with van der Waals surface area (Å²) in [7, 11) is 0. The van der Waals surface area contributed by atoms with Gasteiger partial charge in [-0.25, -0.2) is 0 Å². The van der Waals surface area contributed by atoms with Gasteiger partial charge in [0, 0.05) is 34.2 Å². The summed E-state index contributed by atoms with van der Waals surface area (Å²) < 4.78 is 1.31. The quantitative estimate of drug-likeness (QED) is 0.727. The second-order valence-electron chi connectivity index (χ2n) is 4.30. The summed E-state index contributed by atoms with van der Waals surface area (Å²) in [6.45, 7) is 2.30. The molecule has 1 fully saturated rings. The van der Waals surface area contributed by atoms with E-state index in [9.17, 15) is 0 Å². The largest absolute Gasteiger partial charge is 0.383 e. The molecule has 0 aliphatic carbocycles. The molecule has 2 nitrogen and oxygen atoms in total. The standard InChI is InChI=1S/C12H15IN2S/c13-9-1-2-12-11(7-9)14-4-3-10-8-16-6-5-15(10)12/h1-2,7,10,14H,3-6,8H2. The molecule has 16 heavy (non-hydrogen) atoms. The van der Waals surface area contributed by atoms with Gasteiger partial charge in [-0.2, -0.15) is 11.8 Å². The molecule has 1 aromatic rings. The van der Waals surface area contributed by atoms with E-state index in [1.165, 1.54) is 39.4 Å². The third kappa shape index (κ3) is 2.01. The molecular formula is C12H15IN2S. The average molecular weight is 346 g/mol. The van der Waals surface area contributed by atoms with E-state index >= 15 is 0 Å². The zero-order valence-electron chi connectivity index (χ0n) is 9.08. The fraction of sp³-hybridized carbons (Fsp3) is 0.500. The fourth-order valence-electron chi connectivity index (χ4n) is 2.48. The van der Waals surface area contributed by atoms with E-state index in [2.05, 4.69) is 62.8 Å². The monoisotopic (exact) mass is 346 g/mol. The molecule has 2 aliphatic heterocycles. The van der Waals surface area contributed by atoms with E-state index in [0.29, 0.717) is 0 Å². The van der Waals surface area contributed by atoms with Crippen molar-refractivity contribution < 1.29 is 0 Å². The van der Waals surface area contributed by atoms with Crippen molar-refractivity contribution in [3.05, 3.63) is 21.8 Å². The Morgan fingerprint density at radius 2 is 2.38 bits per heavy atom. The van der Waals surface area contributed by atoms with E-state index in [1.807, 2.05) is 0 Å². The number of anilines is 2. The predicted octanol–water partition coefficient (Wildman–Crippen LogP) is 3.03. The lowest BCUT2D eigenvalue weighted by Gasteiger charge is -2.36. The molecule has 2 heterocycles. The second-order valence-corrected chi connectivity index (χ2v) is 6.69. The minimum atomic E-state index is 0.729. The molecule has 0 bridgehead atoms. The first-order valence-corrected chi connectivity index (χ1v) is 7.96. The maximum absolute atomic E-state index is 3.57. The van der Waals surface area contributed by atoms with Crippen LogP contribution in [0.4, 0.5) is 11.4 Å². The molecule has 1 saturated heterocycles. The van der Waals surface area contributed by atoms with Crippen LogP contribution in [0.2, 0.25) is 0 Å². The SMILES string of the molecule is Ic1ccc2c(c1)NCCC1CSCCN21. The highest BCUT2D eigenvalue weighted by molar-refractivity contribution is 14.1. The van der Waals surface area contributed by atoms with Gasteiger partial charge in [0.1, 0.15) is 0 Å². The van der Waals surface area contributed by atoms with Crippen LogP contribution in [0.1, 0.15) is 6.42 Å². The van der Waals surface area contributed by atoms with Gasteiger partial charge in [-0.3, -0.25) is 0 Å². The summed E-state index contributed by atoms with van der Waals surface area (Å²) in [5.41, 5.74) is 2.73. The van der Waals surface area contributed by atoms with Gasteiger partial charge in [0.15, 0.2) is 0 Å². The Labute approximate surface area is 114 Å². The van der Waals surface area contributed by atoms with Crippen molar-refractivity contribution in [2.24, 2.45) is 0 Å². The van der Waals surface area contributed by atoms with E-state index in [-0.39, 0.29) is 0 Å². The first kappa shape index (κ1) is 11.0. The van der Waals surface area contributed by atoms with Crippen molar-refractivity contribution in [2.45, 2.75) is 12.5 Å². The predicted molar refractivity (Wildman–Crippen MR) is 80.7 cm³/mol. The van der Waals surface area contributed by atoms with Crippen molar-refractivity contribution in [1.29, 1.82) is 0 Å². The molecule has 0 radical (unpaired) electrons. The Bertz CT molecular complexity index is 397. The summed E-state index contributed by atoms with van der Waals surface area (Å²) in [5, 5.41) is 3.57. The van der Waals surface area contributed by atoms with E-state index < -0.39 is 0 Å². The lowest BCUT2D eigenvalue weighted by Crippen LogP contribution is -2.42. The van der Waals surface area contributed by atoms with Crippen LogP contribution >= 0.6 is 34.4 Å². The molecular weight excluding hydrogens is 331 g/mol. The smallest absolute Gasteiger partial charge is 0.0605 e. The Balaban J connectivity index is 2.00. The van der Waals surface area contributed by atoms with Gasteiger partial charge in [0.25, 0.3) is 0 Å². The first-order valence-electron chi connectivity index (χ1n) is 5.72. The van der Waals surface area contributed by atoms with Crippen LogP contribution in [0.15, 0.2) is 18.2 Å². The zero-order chi connectivity index (χ0) is 11.0. The highest BCUT2D eigenvalue weighted by Gasteiger charge is 2.26. The lowest BCUT2D eigenvalue weighted by atomic mass is 10.2. The molecule has 86 valence electrons. The van der Waals surface area contributed by atoms with Gasteiger partial charge in [0.2, 0.25) is 0 Å². The van der Waals surface area contributed by atoms with Crippen LogP contribution in [0.25, 0.3) is 0 Å². The Morgan fingerprint density at radius 1 is 1.44 bits per heavy atom. The minimum Gasteiger partial charge on any atom is -0.383 e. The summed E-state index contributed by atoms with van der Waals surface area (Å²) >= 11 is 4.48. The van der Waals surface area contributed by atoms with Crippen LogP contribution in [-0.2, 0) is 0 Å². The van der Waals surface area contributed by atoms with E-state index in [0.717, 1.165) is 12.6 Å². The van der Waals surface area contributed by atoms with Gasteiger partial charge in [0.05, 0.1) is 11.4 Å². The van der Waals surface area contributed by atoms with Gasteiger partial charge in [-0.15, -0.1) is 0 Å². The number of rotatable bonds is 0. The van der Waals surface area contributed by atoms with Gasteiger partial charge < -0.3 is 10.2 Å². The van der Waals surface area contributed by atoms with Crippen LogP contribution < -0.4 is 10.2 Å². The van der Waals surface area contributed by atoms with Crippen LogP contribution in [0.5, 0.6) is 0 Å².